The van der Waals surface area contributed by atoms with Gasteiger partial charge in [0, 0.05) is 13.0 Å². The second-order valence-corrected chi connectivity index (χ2v) is 1.71. The Labute approximate surface area is 41.5 Å². The van der Waals surface area contributed by atoms with Crippen LogP contribution in [0, 0.1) is 0 Å². The van der Waals surface area contributed by atoms with Crippen molar-refractivity contribution in [3.05, 3.63) is 0 Å². The van der Waals surface area contributed by atoms with Crippen molar-refractivity contribution in [1.29, 1.82) is 0 Å². The molecule has 1 atom stereocenters. The Kier molecular flexibility index (Phi) is 1.03. The largest absolute Gasteiger partial charge is 0.396 e. The number of rotatable bonds is 2. The smallest absolute Gasteiger partial charge is 0.191 e. The molecule has 42 valence electrons. The van der Waals surface area contributed by atoms with Gasteiger partial charge in [-0.15, -0.1) is 0 Å². The van der Waals surface area contributed by atoms with Crippen LogP contribution in [0.25, 0.3) is 0 Å². The van der Waals surface area contributed by atoms with E-state index in [-0.39, 0.29) is 6.61 Å². The normalized spacial score (nSPS) is 38.6. The van der Waals surface area contributed by atoms with Crippen LogP contribution >= 0.6 is 0 Å². The summed E-state index contributed by atoms with van der Waals surface area (Å²) in [5, 5.41) is 16.9. The number of epoxide rings is 1. The Balaban J connectivity index is 2.13. The number of hydrogen-bond acceptors (Lipinski definition) is 3. The van der Waals surface area contributed by atoms with Gasteiger partial charge in [0.2, 0.25) is 0 Å². The standard InChI is InChI=1S/C4H8O3/c5-2-1-4(6)3-7-4/h5-6H,1-3H2/t4-/m0/s1. The van der Waals surface area contributed by atoms with Gasteiger partial charge in [-0.25, -0.2) is 0 Å². The van der Waals surface area contributed by atoms with Gasteiger partial charge >= 0.3 is 0 Å². The topological polar surface area (TPSA) is 53.0 Å². The molecule has 0 aliphatic carbocycles. The Hall–Kier alpha value is -0.120. The van der Waals surface area contributed by atoms with E-state index in [1.807, 2.05) is 0 Å². The molecule has 1 rings (SSSR count). The molecule has 1 aliphatic rings. The fourth-order valence-electron chi connectivity index (χ4n) is 0.402. The predicted octanol–water partition coefficient (Wildman–Crippen LogP) is -0.912. The molecule has 0 saturated carbocycles. The average molecular weight is 104 g/mol. The molecule has 0 aromatic rings. The number of hydrogen-bond donors (Lipinski definition) is 2. The van der Waals surface area contributed by atoms with E-state index in [1.165, 1.54) is 0 Å². The molecule has 3 nitrogen and oxygen atoms in total. The Morgan fingerprint density at radius 3 is 2.43 bits per heavy atom. The molecular formula is C4H8O3. The lowest BCUT2D eigenvalue weighted by Gasteiger charge is -1.96. The number of aliphatic hydroxyl groups is 2. The van der Waals surface area contributed by atoms with E-state index in [9.17, 15) is 0 Å². The third-order valence-electron chi connectivity index (χ3n) is 0.980. The molecular weight excluding hydrogens is 96.0 g/mol. The summed E-state index contributed by atoms with van der Waals surface area (Å²) in [5.74, 6) is -0.950. The lowest BCUT2D eigenvalue weighted by molar-refractivity contribution is 0.0148. The van der Waals surface area contributed by atoms with E-state index in [2.05, 4.69) is 4.74 Å². The van der Waals surface area contributed by atoms with Gasteiger partial charge in [-0.3, -0.25) is 0 Å². The van der Waals surface area contributed by atoms with Gasteiger partial charge in [-0.05, 0) is 0 Å². The van der Waals surface area contributed by atoms with Gasteiger partial charge in [0.25, 0.3) is 0 Å². The Morgan fingerprint density at radius 2 is 2.29 bits per heavy atom. The van der Waals surface area contributed by atoms with Crippen LogP contribution in [0.2, 0.25) is 0 Å². The van der Waals surface area contributed by atoms with Crippen LogP contribution in [0.1, 0.15) is 6.42 Å². The van der Waals surface area contributed by atoms with Crippen molar-refractivity contribution in [3.63, 3.8) is 0 Å². The van der Waals surface area contributed by atoms with Crippen molar-refractivity contribution in [2.45, 2.75) is 12.2 Å². The summed E-state index contributed by atoms with van der Waals surface area (Å²) in [6, 6.07) is 0. The predicted molar refractivity (Wildman–Crippen MR) is 22.6 cm³/mol. The maximum atomic E-state index is 8.75. The van der Waals surface area contributed by atoms with E-state index >= 15 is 0 Å². The first-order valence-corrected chi connectivity index (χ1v) is 2.24. The summed E-state index contributed by atoms with van der Waals surface area (Å²) >= 11 is 0. The molecule has 2 N–H and O–H groups in total. The lowest BCUT2D eigenvalue weighted by atomic mass is 10.3. The first-order chi connectivity index (χ1) is 3.27. The zero-order chi connectivity index (χ0) is 5.33. The number of ether oxygens (including phenoxy) is 1. The van der Waals surface area contributed by atoms with Gasteiger partial charge in [0.15, 0.2) is 5.79 Å². The molecule has 0 radical (unpaired) electrons. The van der Waals surface area contributed by atoms with Crippen molar-refractivity contribution < 1.29 is 14.9 Å². The van der Waals surface area contributed by atoms with Crippen LogP contribution in [0.15, 0.2) is 0 Å². The fourth-order valence-corrected chi connectivity index (χ4v) is 0.402. The lowest BCUT2D eigenvalue weighted by Crippen LogP contribution is -2.10. The van der Waals surface area contributed by atoms with Gasteiger partial charge in [0.05, 0.1) is 0 Å². The summed E-state index contributed by atoms with van der Waals surface area (Å²) in [5.41, 5.74) is 0. The molecule has 1 heterocycles. The Bertz CT molecular complexity index is 67.3. The average Bonchev–Trinajstić information content (AvgIpc) is 2.22. The van der Waals surface area contributed by atoms with Crippen molar-refractivity contribution in [1.82, 2.24) is 0 Å². The molecule has 0 unspecified atom stereocenters. The second kappa shape index (κ2) is 1.43. The van der Waals surface area contributed by atoms with E-state index in [1.54, 1.807) is 0 Å². The van der Waals surface area contributed by atoms with Crippen LogP contribution in [0.4, 0.5) is 0 Å². The zero-order valence-electron chi connectivity index (χ0n) is 3.92. The molecule has 0 aromatic carbocycles. The van der Waals surface area contributed by atoms with Gasteiger partial charge in [-0.2, -0.15) is 0 Å². The van der Waals surface area contributed by atoms with Crippen molar-refractivity contribution in [2.75, 3.05) is 13.2 Å². The van der Waals surface area contributed by atoms with E-state index in [4.69, 9.17) is 10.2 Å². The molecule has 1 aliphatic heterocycles. The molecule has 0 aromatic heterocycles. The van der Waals surface area contributed by atoms with E-state index in [0.717, 1.165) is 0 Å². The minimum Gasteiger partial charge on any atom is -0.396 e. The summed E-state index contributed by atoms with van der Waals surface area (Å²) in [4.78, 5) is 0. The molecule has 0 spiro atoms. The third-order valence-corrected chi connectivity index (χ3v) is 0.980. The summed E-state index contributed by atoms with van der Waals surface area (Å²) in [6.07, 6.45) is 0.340. The van der Waals surface area contributed by atoms with E-state index < -0.39 is 5.79 Å². The van der Waals surface area contributed by atoms with Crippen LogP contribution < -0.4 is 0 Å². The van der Waals surface area contributed by atoms with Crippen LogP contribution in [-0.4, -0.2) is 29.2 Å². The van der Waals surface area contributed by atoms with Crippen molar-refractivity contribution in [2.24, 2.45) is 0 Å². The van der Waals surface area contributed by atoms with Gasteiger partial charge in [-0.1, -0.05) is 0 Å². The van der Waals surface area contributed by atoms with Gasteiger partial charge in [0.1, 0.15) is 6.61 Å². The molecule has 0 bridgehead atoms. The Morgan fingerprint density at radius 1 is 1.71 bits per heavy atom. The second-order valence-electron chi connectivity index (χ2n) is 1.71. The fraction of sp³-hybridized carbons (Fsp3) is 1.00. The van der Waals surface area contributed by atoms with Crippen LogP contribution in [0.3, 0.4) is 0 Å². The first kappa shape index (κ1) is 5.03. The zero-order valence-corrected chi connectivity index (χ0v) is 3.92. The maximum Gasteiger partial charge on any atom is 0.191 e. The monoisotopic (exact) mass is 104 g/mol. The highest BCUT2D eigenvalue weighted by atomic mass is 16.7. The summed E-state index contributed by atoms with van der Waals surface area (Å²) in [6.45, 7) is 0.379. The van der Waals surface area contributed by atoms with E-state index in [0.29, 0.717) is 13.0 Å². The van der Waals surface area contributed by atoms with Crippen LogP contribution in [-0.2, 0) is 4.74 Å². The minimum atomic E-state index is -0.950. The summed E-state index contributed by atoms with van der Waals surface area (Å²) < 4.78 is 4.53. The molecule has 1 saturated heterocycles. The molecule has 3 heteroatoms. The molecule has 7 heavy (non-hydrogen) atoms. The van der Waals surface area contributed by atoms with Gasteiger partial charge < -0.3 is 14.9 Å². The van der Waals surface area contributed by atoms with Crippen LogP contribution in [0.5, 0.6) is 0 Å². The van der Waals surface area contributed by atoms with Crippen molar-refractivity contribution in [3.8, 4) is 0 Å². The SMILES string of the molecule is OCC[C@@]1(O)CO1. The highest BCUT2D eigenvalue weighted by molar-refractivity contribution is 4.77. The molecule has 0 amide bonds. The minimum absolute atomic E-state index is 0.00347. The quantitative estimate of drug-likeness (QED) is 0.446. The summed E-state index contributed by atoms with van der Waals surface area (Å²) in [7, 11) is 0. The molecule has 1 fully saturated rings. The number of aliphatic hydroxyl groups excluding tert-OH is 1. The highest BCUT2D eigenvalue weighted by Crippen LogP contribution is 2.25. The third kappa shape index (κ3) is 1.12. The first-order valence-electron chi connectivity index (χ1n) is 2.24. The maximum absolute atomic E-state index is 8.75. The van der Waals surface area contributed by atoms with Crippen molar-refractivity contribution >= 4 is 0 Å². The highest BCUT2D eigenvalue weighted by Gasteiger charge is 2.41.